The molecule has 0 radical (unpaired) electrons. The van der Waals surface area contributed by atoms with Gasteiger partial charge in [-0.3, -0.25) is 0 Å². The maximum atomic E-state index is 13.6. The molecule has 7 nitrogen and oxygen atoms in total. The van der Waals surface area contributed by atoms with Gasteiger partial charge in [-0.25, -0.2) is 9.18 Å². The third kappa shape index (κ3) is 8.91. The predicted molar refractivity (Wildman–Crippen MR) is 164 cm³/mol. The van der Waals surface area contributed by atoms with Crippen molar-refractivity contribution in [1.29, 1.82) is 0 Å². The molecule has 1 saturated heterocycles. The van der Waals surface area contributed by atoms with Gasteiger partial charge in [0.25, 0.3) is 0 Å². The van der Waals surface area contributed by atoms with Gasteiger partial charge in [0.2, 0.25) is 0 Å². The van der Waals surface area contributed by atoms with E-state index in [1.54, 1.807) is 19.2 Å². The summed E-state index contributed by atoms with van der Waals surface area (Å²) in [6.07, 6.45) is 11.1. The number of benzene rings is 2. The highest BCUT2D eigenvalue weighted by atomic mass is 19.1. The second-order valence-electron chi connectivity index (χ2n) is 12.2. The maximum absolute atomic E-state index is 13.6. The van der Waals surface area contributed by atoms with E-state index >= 15 is 0 Å². The van der Waals surface area contributed by atoms with Crippen LogP contribution in [0, 0.1) is 17.7 Å². The van der Waals surface area contributed by atoms with E-state index in [4.69, 9.17) is 9.47 Å². The van der Waals surface area contributed by atoms with Crippen molar-refractivity contribution < 1.29 is 23.8 Å². The van der Waals surface area contributed by atoms with Crippen LogP contribution in [0.2, 0.25) is 0 Å². The molecule has 2 aliphatic rings. The number of carbonyl (C=O) groups excluding carboxylic acids is 1. The molecule has 1 saturated carbocycles. The van der Waals surface area contributed by atoms with Gasteiger partial charge in [-0.1, -0.05) is 50.3 Å². The number of rotatable bonds is 14. The summed E-state index contributed by atoms with van der Waals surface area (Å²) in [5, 5.41) is 19.1. The van der Waals surface area contributed by atoms with Crippen LogP contribution in [0.1, 0.15) is 76.2 Å². The first kappa shape index (κ1) is 32.2. The average molecular weight is 584 g/mol. The summed E-state index contributed by atoms with van der Waals surface area (Å²) < 4.78 is 25.0. The zero-order valence-electron chi connectivity index (χ0n) is 25.5. The van der Waals surface area contributed by atoms with Gasteiger partial charge in [-0.15, -0.1) is 0 Å². The Balaban J connectivity index is 1.52. The Hall–Kier alpha value is -2.68. The van der Waals surface area contributed by atoms with E-state index in [2.05, 4.69) is 10.6 Å². The first-order valence-electron chi connectivity index (χ1n) is 15.9. The zero-order chi connectivity index (χ0) is 29.8. The van der Waals surface area contributed by atoms with Crippen molar-refractivity contribution in [3.63, 3.8) is 0 Å². The van der Waals surface area contributed by atoms with Crippen molar-refractivity contribution in [2.75, 3.05) is 40.4 Å². The number of halogens is 1. The third-order valence-corrected chi connectivity index (χ3v) is 9.06. The molecule has 1 aliphatic heterocycles. The van der Waals surface area contributed by atoms with Crippen molar-refractivity contribution in [3.8, 4) is 11.5 Å². The molecule has 3 atom stereocenters. The average Bonchev–Trinajstić information content (AvgIpc) is 3.01. The molecule has 1 heterocycles. The molecule has 232 valence electrons. The number of carbonyl (C=O) groups is 1. The highest BCUT2D eigenvalue weighted by Gasteiger charge is 2.43. The molecular formula is C34H50FN3O4. The number of piperidine rings is 1. The molecule has 2 fully saturated rings. The van der Waals surface area contributed by atoms with Crippen LogP contribution in [0.4, 0.5) is 9.18 Å². The minimum atomic E-state index is -1.21. The van der Waals surface area contributed by atoms with E-state index in [0.717, 1.165) is 38.6 Å². The molecule has 42 heavy (non-hydrogen) atoms. The van der Waals surface area contributed by atoms with Crippen molar-refractivity contribution in [1.82, 2.24) is 15.5 Å². The fourth-order valence-electron chi connectivity index (χ4n) is 6.82. The first-order chi connectivity index (χ1) is 20.4. The van der Waals surface area contributed by atoms with Gasteiger partial charge in [-0.2, -0.15) is 0 Å². The highest BCUT2D eigenvalue weighted by Crippen LogP contribution is 2.44. The lowest BCUT2D eigenvalue weighted by atomic mass is 9.73. The molecule has 0 bridgehead atoms. The van der Waals surface area contributed by atoms with Crippen molar-refractivity contribution in [2.24, 2.45) is 11.8 Å². The Morgan fingerprint density at radius 2 is 1.83 bits per heavy atom. The van der Waals surface area contributed by atoms with Crippen LogP contribution < -0.4 is 15.4 Å². The summed E-state index contributed by atoms with van der Waals surface area (Å²) >= 11 is 0. The van der Waals surface area contributed by atoms with E-state index in [1.165, 1.54) is 44.2 Å². The Labute approximate surface area is 251 Å². The van der Waals surface area contributed by atoms with Gasteiger partial charge in [0, 0.05) is 50.9 Å². The lowest BCUT2D eigenvalue weighted by Crippen LogP contribution is -2.54. The fraction of sp³-hybridized carbons (Fsp3) is 0.618. The highest BCUT2D eigenvalue weighted by molar-refractivity contribution is 5.74. The number of ether oxygens (including phenoxy) is 2. The molecule has 1 aliphatic carbocycles. The van der Waals surface area contributed by atoms with Crippen LogP contribution in [0.5, 0.6) is 11.5 Å². The molecule has 0 aromatic heterocycles. The quantitative estimate of drug-likeness (QED) is 0.218. The molecule has 2 aromatic carbocycles. The van der Waals surface area contributed by atoms with Gasteiger partial charge in [0.15, 0.2) is 0 Å². The van der Waals surface area contributed by atoms with Crippen molar-refractivity contribution in [2.45, 2.75) is 82.3 Å². The molecule has 3 N–H and O–H groups in total. The van der Waals surface area contributed by atoms with E-state index in [9.17, 15) is 14.3 Å². The number of methoxy groups -OCH3 is 1. The Morgan fingerprint density at radius 1 is 1.07 bits per heavy atom. The Morgan fingerprint density at radius 3 is 2.57 bits per heavy atom. The van der Waals surface area contributed by atoms with Gasteiger partial charge in [0.05, 0.1) is 5.60 Å². The number of para-hydroxylation sites is 1. The van der Waals surface area contributed by atoms with E-state index in [1.807, 2.05) is 36.2 Å². The smallest absolute Gasteiger partial charge is 0.317 e. The second kappa shape index (κ2) is 16.2. The fourth-order valence-corrected chi connectivity index (χ4v) is 6.82. The summed E-state index contributed by atoms with van der Waals surface area (Å²) in [6, 6.07) is 13.5. The number of aliphatic hydroxyl groups is 1. The lowest BCUT2D eigenvalue weighted by Gasteiger charge is -2.43. The summed E-state index contributed by atoms with van der Waals surface area (Å²) in [4.78, 5) is 15.5. The Bertz CT molecular complexity index is 1090. The maximum Gasteiger partial charge on any atom is 0.317 e. The molecule has 2 amide bonds. The zero-order valence-corrected chi connectivity index (χ0v) is 25.5. The monoisotopic (exact) mass is 583 g/mol. The van der Waals surface area contributed by atoms with E-state index in [-0.39, 0.29) is 23.8 Å². The summed E-state index contributed by atoms with van der Waals surface area (Å²) in [5.74, 6) is 1.21. The van der Waals surface area contributed by atoms with Gasteiger partial charge < -0.3 is 30.1 Å². The van der Waals surface area contributed by atoms with Crippen LogP contribution in [-0.2, 0) is 10.3 Å². The summed E-state index contributed by atoms with van der Waals surface area (Å²) in [6.45, 7) is 2.51. The van der Waals surface area contributed by atoms with E-state index in [0.29, 0.717) is 49.1 Å². The number of likely N-dealkylation sites (tertiary alicyclic amines) is 1. The number of nitrogens with zero attached hydrogens (tertiary/aromatic N) is 1. The largest absolute Gasteiger partial charge is 0.457 e. The minimum absolute atomic E-state index is 0.0478. The molecule has 4 rings (SSSR count). The number of hydrogen-bond acceptors (Lipinski definition) is 5. The molecule has 2 aromatic rings. The van der Waals surface area contributed by atoms with Gasteiger partial charge >= 0.3 is 6.03 Å². The topological polar surface area (TPSA) is 83.1 Å². The summed E-state index contributed by atoms with van der Waals surface area (Å²) in [5.41, 5.74) is -0.514. The third-order valence-electron chi connectivity index (χ3n) is 9.06. The molecule has 0 unspecified atom stereocenters. The standard InChI is InChI=1S/C34H50FN3O4/c1-36-24-29(23-26-11-4-3-5-12-26)37-33(39)38-21-10-13-27(25-38)34(40,20-8-9-22-41-2)31-14-6-7-15-32(31)42-30-18-16-28(35)17-19-30/h6-7,14-19,26-27,29,36,40H,3-5,8-13,20-25H2,1-2H3,(H,37,39)/t27-,29+,34+/m1/s1. The van der Waals surface area contributed by atoms with Crippen molar-refractivity contribution >= 4 is 6.03 Å². The number of amides is 2. The number of likely N-dealkylation sites (N-methyl/N-ethyl adjacent to an activating group) is 1. The van der Waals surface area contributed by atoms with Crippen LogP contribution in [0.3, 0.4) is 0 Å². The second-order valence-corrected chi connectivity index (χ2v) is 12.2. The number of urea groups is 1. The first-order valence-corrected chi connectivity index (χ1v) is 15.9. The molecular weight excluding hydrogens is 533 g/mol. The van der Waals surface area contributed by atoms with Gasteiger partial charge in [0.1, 0.15) is 17.3 Å². The Kier molecular flexibility index (Phi) is 12.5. The lowest BCUT2D eigenvalue weighted by molar-refractivity contribution is -0.0575. The predicted octanol–water partition coefficient (Wildman–Crippen LogP) is 6.60. The number of nitrogens with one attached hydrogen (secondary N) is 2. The summed E-state index contributed by atoms with van der Waals surface area (Å²) in [7, 11) is 3.62. The SMILES string of the molecule is CNC[C@H](CC1CCCCC1)NC(=O)N1CCC[C@@H]([C@@](O)(CCCCOC)c2ccccc2Oc2ccc(F)cc2)C1. The van der Waals surface area contributed by atoms with Crippen LogP contribution in [-0.4, -0.2) is 62.5 Å². The molecule has 8 heteroatoms. The normalized spacial score (nSPS) is 20.1. The number of unbranched alkanes of at least 4 members (excludes halogenated alkanes) is 1. The van der Waals surface area contributed by atoms with E-state index < -0.39 is 5.60 Å². The number of hydrogen-bond donors (Lipinski definition) is 3. The van der Waals surface area contributed by atoms with Crippen LogP contribution >= 0.6 is 0 Å². The van der Waals surface area contributed by atoms with Crippen molar-refractivity contribution in [3.05, 3.63) is 59.9 Å². The van der Waals surface area contributed by atoms with Gasteiger partial charge in [-0.05, 0) is 81.8 Å². The molecule has 0 spiro atoms. The minimum Gasteiger partial charge on any atom is -0.457 e. The van der Waals surface area contributed by atoms with Crippen LogP contribution in [0.25, 0.3) is 0 Å². The van der Waals surface area contributed by atoms with Crippen LogP contribution in [0.15, 0.2) is 48.5 Å².